The first-order chi connectivity index (χ1) is 12.4. The molecule has 2 atom stereocenters. The van der Waals surface area contributed by atoms with Crippen LogP contribution < -0.4 is 10.1 Å². The number of nitrogens with one attached hydrogen (secondary N) is 1. The molecule has 126 valence electrons. The van der Waals surface area contributed by atoms with Gasteiger partial charge in [-0.2, -0.15) is 0 Å². The van der Waals surface area contributed by atoms with Crippen molar-refractivity contribution in [1.82, 2.24) is 5.32 Å². The highest BCUT2D eigenvalue weighted by atomic mass is 16.5. The van der Waals surface area contributed by atoms with Crippen LogP contribution in [0.1, 0.15) is 22.7 Å². The van der Waals surface area contributed by atoms with Crippen molar-refractivity contribution < 1.29 is 4.74 Å². The van der Waals surface area contributed by atoms with Crippen LogP contribution in [0.15, 0.2) is 84.9 Å². The summed E-state index contributed by atoms with van der Waals surface area (Å²) in [7, 11) is 0. The van der Waals surface area contributed by atoms with Crippen LogP contribution in [0.4, 0.5) is 0 Å². The van der Waals surface area contributed by atoms with E-state index < -0.39 is 0 Å². The molecule has 0 bridgehead atoms. The van der Waals surface area contributed by atoms with E-state index in [9.17, 15) is 0 Å². The van der Waals surface area contributed by atoms with Crippen molar-refractivity contribution in [3.8, 4) is 5.75 Å². The molecule has 4 rings (SSSR count). The molecule has 2 heteroatoms. The largest absolute Gasteiger partial charge is 0.493 e. The summed E-state index contributed by atoms with van der Waals surface area (Å²) in [6.45, 7) is 1.61. The predicted molar refractivity (Wildman–Crippen MR) is 102 cm³/mol. The summed E-state index contributed by atoms with van der Waals surface area (Å²) < 4.78 is 6.05. The van der Waals surface area contributed by atoms with E-state index in [1.54, 1.807) is 0 Å². The van der Waals surface area contributed by atoms with Crippen molar-refractivity contribution in [2.24, 2.45) is 5.92 Å². The molecule has 1 aliphatic heterocycles. The third-order valence-electron chi connectivity index (χ3n) is 4.89. The lowest BCUT2D eigenvalue weighted by atomic mass is 9.86. The summed E-state index contributed by atoms with van der Waals surface area (Å²) in [5.74, 6) is 1.43. The fourth-order valence-electron chi connectivity index (χ4n) is 3.61. The van der Waals surface area contributed by atoms with Crippen molar-refractivity contribution in [2.75, 3.05) is 6.61 Å². The molecular formula is C23H23NO. The van der Waals surface area contributed by atoms with Crippen LogP contribution in [0.5, 0.6) is 5.75 Å². The molecule has 0 spiro atoms. The van der Waals surface area contributed by atoms with E-state index in [0.29, 0.717) is 12.0 Å². The highest BCUT2D eigenvalue weighted by molar-refractivity contribution is 5.38. The van der Waals surface area contributed by atoms with Gasteiger partial charge < -0.3 is 10.1 Å². The maximum atomic E-state index is 6.05. The zero-order valence-electron chi connectivity index (χ0n) is 14.3. The smallest absolute Gasteiger partial charge is 0.124 e. The quantitative estimate of drug-likeness (QED) is 0.728. The van der Waals surface area contributed by atoms with Crippen LogP contribution in [0.25, 0.3) is 0 Å². The first kappa shape index (κ1) is 15.9. The number of benzene rings is 3. The van der Waals surface area contributed by atoms with E-state index in [2.05, 4.69) is 84.2 Å². The number of para-hydroxylation sites is 1. The molecule has 25 heavy (non-hydrogen) atoms. The second-order valence-electron chi connectivity index (χ2n) is 6.64. The van der Waals surface area contributed by atoms with E-state index in [-0.39, 0.29) is 0 Å². The Morgan fingerprint density at radius 2 is 1.40 bits per heavy atom. The Kier molecular flexibility index (Phi) is 4.80. The number of rotatable bonds is 5. The van der Waals surface area contributed by atoms with Gasteiger partial charge in [0.25, 0.3) is 0 Å². The second-order valence-corrected chi connectivity index (χ2v) is 6.64. The molecule has 0 aromatic heterocycles. The number of fused-ring (bicyclic) bond motifs is 1. The van der Waals surface area contributed by atoms with Crippen LogP contribution in [-0.4, -0.2) is 6.61 Å². The molecule has 0 fully saturated rings. The lowest BCUT2D eigenvalue weighted by Gasteiger charge is -2.34. The van der Waals surface area contributed by atoms with E-state index >= 15 is 0 Å². The maximum Gasteiger partial charge on any atom is 0.124 e. The van der Waals surface area contributed by atoms with Gasteiger partial charge in [-0.25, -0.2) is 0 Å². The molecule has 0 saturated heterocycles. The third-order valence-corrected chi connectivity index (χ3v) is 4.89. The summed E-state index contributed by atoms with van der Waals surface area (Å²) in [5.41, 5.74) is 3.94. The highest BCUT2D eigenvalue weighted by Gasteiger charge is 2.30. The van der Waals surface area contributed by atoms with Crippen LogP contribution in [0.3, 0.4) is 0 Å². The predicted octanol–water partition coefficient (Wildman–Crippen LogP) is 4.77. The Bertz CT molecular complexity index is 801. The van der Waals surface area contributed by atoms with E-state index in [0.717, 1.165) is 25.3 Å². The Balaban J connectivity index is 1.57. The minimum Gasteiger partial charge on any atom is -0.493 e. The first-order valence-corrected chi connectivity index (χ1v) is 8.93. The highest BCUT2D eigenvalue weighted by Crippen LogP contribution is 2.37. The minimum absolute atomic E-state index is 0.297. The number of ether oxygens (including phenoxy) is 1. The molecule has 1 N–H and O–H groups in total. The van der Waals surface area contributed by atoms with Gasteiger partial charge in [-0.15, -0.1) is 0 Å². The van der Waals surface area contributed by atoms with Crippen molar-refractivity contribution in [2.45, 2.75) is 19.0 Å². The van der Waals surface area contributed by atoms with Gasteiger partial charge in [-0.05, 0) is 23.6 Å². The Hall–Kier alpha value is -2.58. The lowest BCUT2D eigenvalue weighted by Crippen LogP contribution is -2.36. The molecule has 0 amide bonds. The molecule has 0 saturated carbocycles. The molecule has 1 heterocycles. The molecule has 0 aliphatic carbocycles. The summed E-state index contributed by atoms with van der Waals surface area (Å²) >= 11 is 0. The maximum absolute atomic E-state index is 6.05. The molecule has 2 nitrogen and oxygen atoms in total. The van der Waals surface area contributed by atoms with Gasteiger partial charge in [0.2, 0.25) is 0 Å². The average molecular weight is 329 g/mol. The summed E-state index contributed by atoms with van der Waals surface area (Å²) in [4.78, 5) is 0. The molecule has 2 unspecified atom stereocenters. The first-order valence-electron chi connectivity index (χ1n) is 8.93. The molecule has 1 aliphatic rings. The third kappa shape index (κ3) is 3.75. The van der Waals surface area contributed by atoms with Crippen molar-refractivity contribution in [3.63, 3.8) is 0 Å². The van der Waals surface area contributed by atoms with Gasteiger partial charge in [0.1, 0.15) is 5.75 Å². The fraction of sp³-hybridized carbons (Fsp3) is 0.217. The van der Waals surface area contributed by atoms with Gasteiger partial charge in [0.15, 0.2) is 0 Å². The fourth-order valence-corrected chi connectivity index (χ4v) is 3.61. The standard InChI is InChI=1S/C23H23NO/c1-3-9-18(10-4-1)15-20-17-25-22-14-8-7-13-21(22)23(20)24-16-19-11-5-2-6-12-19/h1-14,20,23-24H,15-17H2. The number of hydrogen-bond acceptors (Lipinski definition) is 2. The zero-order chi connectivity index (χ0) is 16.9. The molecule has 3 aromatic carbocycles. The van der Waals surface area contributed by atoms with E-state index in [1.807, 2.05) is 6.07 Å². The number of hydrogen-bond donors (Lipinski definition) is 1. The summed E-state index contributed by atoms with van der Waals surface area (Å²) in [5, 5.41) is 3.78. The van der Waals surface area contributed by atoms with Crippen LogP contribution in [0, 0.1) is 5.92 Å². The Morgan fingerprint density at radius 3 is 2.16 bits per heavy atom. The van der Waals surface area contributed by atoms with Crippen molar-refractivity contribution in [3.05, 3.63) is 102 Å². The van der Waals surface area contributed by atoms with Gasteiger partial charge in [0.05, 0.1) is 6.61 Å². The van der Waals surface area contributed by atoms with E-state index in [4.69, 9.17) is 4.74 Å². The van der Waals surface area contributed by atoms with Crippen molar-refractivity contribution >= 4 is 0 Å². The normalized spacial score (nSPS) is 19.0. The Labute approximate surface area is 149 Å². The van der Waals surface area contributed by atoms with Gasteiger partial charge in [-0.3, -0.25) is 0 Å². The second kappa shape index (κ2) is 7.54. The lowest BCUT2D eigenvalue weighted by molar-refractivity contribution is 0.174. The summed E-state index contributed by atoms with van der Waals surface area (Å²) in [6, 6.07) is 30.0. The monoisotopic (exact) mass is 329 g/mol. The molecular weight excluding hydrogens is 306 g/mol. The molecule has 0 radical (unpaired) electrons. The summed E-state index contributed by atoms with van der Waals surface area (Å²) in [6.07, 6.45) is 1.02. The topological polar surface area (TPSA) is 21.3 Å². The van der Waals surface area contributed by atoms with Crippen LogP contribution >= 0.6 is 0 Å². The van der Waals surface area contributed by atoms with Gasteiger partial charge in [-0.1, -0.05) is 78.9 Å². The van der Waals surface area contributed by atoms with Gasteiger partial charge in [0, 0.05) is 24.1 Å². The van der Waals surface area contributed by atoms with Crippen molar-refractivity contribution in [1.29, 1.82) is 0 Å². The zero-order valence-corrected chi connectivity index (χ0v) is 14.3. The Morgan fingerprint density at radius 1 is 0.760 bits per heavy atom. The SMILES string of the molecule is c1ccc(CNC2c3ccccc3OCC2Cc2ccccc2)cc1. The van der Waals surface area contributed by atoms with Crippen LogP contribution in [0.2, 0.25) is 0 Å². The van der Waals surface area contributed by atoms with E-state index in [1.165, 1.54) is 16.7 Å². The average Bonchev–Trinajstić information content (AvgIpc) is 2.68. The minimum atomic E-state index is 0.297. The van der Waals surface area contributed by atoms with Gasteiger partial charge >= 0.3 is 0 Å². The molecule has 3 aromatic rings. The van der Waals surface area contributed by atoms with Crippen LogP contribution in [-0.2, 0) is 13.0 Å².